The summed E-state index contributed by atoms with van der Waals surface area (Å²) in [5.74, 6) is 0.512. The quantitative estimate of drug-likeness (QED) is 0.774. The minimum Gasteiger partial charge on any atom is -0.361 e. The molecule has 1 saturated carbocycles. The van der Waals surface area contributed by atoms with Gasteiger partial charge in [-0.3, -0.25) is 4.79 Å². The maximum absolute atomic E-state index is 12.6. The number of aromatic amines is 1. The van der Waals surface area contributed by atoms with Crippen molar-refractivity contribution in [2.45, 2.75) is 18.9 Å². The fourth-order valence-corrected chi connectivity index (χ4v) is 3.48. The molecule has 0 aliphatic heterocycles. The third-order valence-electron chi connectivity index (χ3n) is 3.94. The van der Waals surface area contributed by atoms with Crippen molar-refractivity contribution in [3.63, 3.8) is 0 Å². The molecule has 1 amide bonds. The van der Waals surface area contributed by atoms with Gasteiger partial charge in [0, 0.05) is 34.2 Å². The van der Waals surface area contributed by atoms with Gasteiger partial charge in [0.2, 0.25) is 0 Å². The van der Waals surface area contributed by atoms with Gasteiger partial charge in [-0.1, -0.05) is 6.07 Å². The molecule has 1 aliphatic rings. The Kier molecular flexibility index (Phi) is 3.00. The van der Waals surface area contributed by atoms with E-state index in [4.69, 9.17) is 0 Å². The molecule has 1 fully saturated rings. The van der Waals surface area contributed by atoms with Crippen molar-refractivity contribution in [1.29, 1.82) is 0 Å². The normalized spacial score (nSPS) is 16.0. The van der Waals surface area contributed by atoms with Crippen molar-refractivity contribution in [3.05, 3.63) is 52.6 Å². The third kappa shape index (κ3) is 2.34. The van der Waals surface area contributed by atoms with E-state index in [2.05, 4.69) is 15.3 Å². The monoisotopic (exact) mass is 297 g/mol. The molecule has 1 atom stereocenters. The molecule has 21 heavy (non-hydrogen) atoms. The van der Waals surface area contributed by atoms with Gasteiger partial charge in [-0.2, -0.15) is 0 Å². The van der Waals surface area contributed by atoms with E-state index in [9.17, 15) is 4.79 Å². The van der Waals surface area contributed by atoms with Crippen LogP contribution in [-0.4, -0.2) is 15.9 Å². The molecule has 3 aromatic rings. The van der Waals surface area contributed by atoms with Crippen molar-refractivity contribution in [2.24, 2.45) is 5.92 Å². The van der Waals surface area contributed by atoms with Gasteiger partial charge in [0.25, 0.3) is 5.91 Å². The second-order valence-electron chi connectivity index (χ2n) is 5.40. The summed E-state index contributed by atoms with van der Waals surface area (Å²) in [5, 5.41) is 7.11. The van der Waals surface area contributed by atoms with E-state index >= 15 is 0 Å². The average Bonchev–Trinajstić information content (AvgIpc) is 3.01. The van der Waals surface area contributed by atoms with Crippen LogP contribution in [0.15, 0.2) is 42.0 Å². The number of thiazole rings is 1. The number of amides is 1. The maximum atomic E-state index is 12.6. The first-order valence-electron chi connectivity index (χ1n) is 7.09. The number of benzene rings is 1. The molecule has 0 unspecified atom stereocenters. The Morgan fingerprint density at radius 3 is 3.05 bits per heavy atom. The molecule has 5 heteroatoms. The number of hydrogen-bond acceptors (Lipinski definition) is 3. The molecular formula is C16H15N3OS. The van der Waals surface area contributed by atoms with Crippen molar-refractivity contribution in [1.82, 2.24) is 15.3 Å². The molecule has 1 aromatic carbocycles. The minimum atomic E-state index is -0.0210. The van der Waals surface area contributed by atoms with E-state index in [1.54, 1.807) is 17.5 Å². The van der Waals surface area contributed by atoms with Crippen LogP contribution in [0.5, 0.6) is 0 Å². The van der Waals surface area contributed by atoms with Crippen molar-refractivity contribution in [2.75, 3.05) is 0 Å². The standard InChI is InChI=1S/C16H15N3OS/c20-15(12-2-1-3-13-11(12)6-7-17-13)19-14(10-4-5-10)16-18-8-9-21-16/h1-3,6-10,14,17H,4-5H2,(H,19,20)/t14-/m1/s1. The van der Waals surface area contributed by atoms with Gasteiger partial charge in [-0.05, 0) is 37.0 Å². The van der Waals surface area contributed by atoms with E-state index in [-0.39, 0.29) is 11.9 Å². The summed E-state index contributed by atoms with van der Waals surface area (Å²) in [5.41, 5.74) is 1.70. The summed E-state index contributed by atoms with van der Waals surface area (Å²) >= 11 is 1.61. The Morgan fingerprint density at radius 2 is 2.29 bits per heavy atom. The lowest BCUT2D eigenvalue weighted by Gasteiger charge is -2.16. The van der Waals surface area contributed by atoms with E-state index in [1.807, 2.05) is 35.8 Å². The zero-order valence-corrected chi connectivity index (χ0v) is 12.2. The Morgan fingerprint density at radius 1 is 1.38 bits per heavy atom. The summed E-state index contributed by atoms with van der Waals surface area (Å²) in [6, 6.07) is 7.75. The largest absolute Gasteiger partial charge is 0.361 e. The van der Waals surface area contributed by atoms with Crippen LogP contribution in [0.25, 0.3) is 10.9 Å². The topological polar surface area (TPSA) is 57.8 Å². The lowest BCUT2D eigenvalue weighted by atomic mass is 10.1. The zero-order chi connectivity index (χ0) is 14.2. The molecule has 2 heterocycles. The SMILES string of the molecule is O=C(N[C@@H](c1nccs1)C1CC1)c1cccc2[nH]ccc12. The van der Waals surface area contributed by atoms with Crippen LogP contribution in [0, 0.1) is 5.92 Å². The molecule has 4 rings (SSSR count). The van der Waals surface area contributed by atoms with Crippen LogP contribution in [0.1, 0.15) is 34.2 Å². The predicted octanol–water partition coefficient (Wildman–Crippen LogP) is 3.51. The van der Waals surface area contributed by atoms with Crippen LogP contribution in [-0.2, 0) is 0 Å². The number of hydrogen-bond donors (Lipinski definition) is 2. The molecule has 0 bridgehead atoms. The molecule has 2 aromatic heterocycles. The second-order valence-corrected chi connectivity index (χ2v) is 6.33. The summed E-state index contributed by atoms with van der Waals surface area (Å²) in [6.07, 6.45) is 5.99. The molecule has 0 radical (unpaired) electrons. The van der Waals surface area contributed by atoms with Gasteiger partial charge < -0.3 is 10.3 Å². The summed E-state index contributed by atoms with van der Waals surface area (Å²) in [4.78, 5) is 20.2. The van der Waals surface area contributed by atoms with Crippen LogP contribution < -0.4 is 5.32 Å². The molecular weight excluding hydrogens is 282 g/mol. The van der Waals surface area contributed by atoms with Crippen molar-refractivity contribution >= 4 is 28.1 Å². The predicted molar refractivity (Wildman–Crippen MR) is 83.3 cm³/mol. The van der Waals surface area contributed by atoms with Crippen LogP contribution in [0.4, 0.5) is 0 Å². The molecule has 0 spiro atoms. The summed E-state index contributed by atoms with van der Waals surface area (Å²) in [6.45, 7) is 0. The Bertz CT molecular complexity index is 774. The fraction of sp³-hybridized carbons (Fsp3) is 0.250. The number of aromatic nitrogens is 2. The molecule has 106 valence electrons. The lowest BCUT2D eigenvalue weighted by Crippen LogP contribution is -2.29. The van der Waals surface area contributed by atoms with Gasteiger partial charge in [0.1, 0.15) is 5.01 Å². The average molecular weight is 297 g/mol. The maximum Gasteiger partial charge on any atom is 0.252 e. The van der Waals surface area contributed by atoms with Crippen molar-refractivity contribution < 1.29 is 4.79 Å². The molecule has 1 aliphatic carbocycles. The van der Waals surface area contributed by atoms with Crippen molar-refractivity contribution in [3.8, 4) is 0 Å². The number of rotatable bonds is 4. The molecule has 4 nitrogen and oxygen atoms in total. The Balaban J connectivity index is 1.64. The van der Waals surface area contributed by atoms with Gasteiger partial charge in [0.05, 0.1) is 6.04 Å². The third-order valence-corrected chi connectivity index (χ3v) is 4.80. The van der Waals surface area contributed by atoms with Gasteiger partial charge >= 0.3 is 0 Å². The van der Waals surface area contributed by atoms with Crippen LogP contribution in [0.3, 0.4) is 0 Å². The highest BCUT2D eigenvalue weighted by atomic mass is 32.1. The van der Waals surface area contributed by atoms with Crippen LogP contribution >= 0.6 is 11.3 Å². The lowest BCUT2D eigenvalue weighted by molar-refractivity contribution is 0.0933. The first-order chi connectivity index (χ1) is 10.3. The number of nitrogens with zero attached hydrogens (tertiary/aromatic N) is 1. The highest BCUT2D eigenvalue weighted by molar-refractivity contribution is 7.09. The second kappa shape index (κ2) is 5.00. The van der Waals surface area contributed by atoms with E-state index in [0.717, 1.165) is 21.5 Å². The summed E-state index contributed by atoms with van der Waals surface area (Å²) < 4.78 is 0. The van der Waals surface area contributed by atoms with E-state index < -0.39 is 0 Å². The molecule has 0 saturated heterocycles. The van der Waals surface area contributed by atoms with E-state index in [1.165, 1.54) is 12.8 Å². The van der Waals surface area contributed by atoms with Gasteiger partial charge in [0.15, 0.2) is 0 Å². The van der Waals surface area contributed by atoms with Crippen LogP contribution in [0.2, 0.25) is 0 Å². The van der Waals surface area contributed by atoms with E-state index in [0.29, 0.717) is 5.92 Å². The highest BCUT2D eigenvalue weighted by Gasteiger charge is 2.35. The number of fused-ring (bicyclic) bond motifs is 1. The summed E-state index contributed by atoms with van der Waals surface area (Å²) in [7, 11) is 0. The first kappa shape index (κ1) is 12.6. The Labute approximate surface area is 126 Å². The highest BCUT2D eigenvalue weighted by Crippen LogP contribution is 2.41. The molecule has 2 N–H and O–H groups in total. The first-order valence-corrected chi connectivity index (χ1v) is 7.97. The van der Waals surface area contributed by atoms with Gasteiger partial charge in [-0.15, -0.1) is 11.3 Å². The number of H-pyrrole nitrogens is 1. The van der Waals surface area contributed by atoms with Gasteiger partial charge in [-0.25, -0.2) is 4.98 Å². The fourth-order valence-electron chi connectivity index (χ4n) is 2.70. The number of carbonyl (C=O) groups excluding carboxylic acids is 1. The smallest absolute Gasteiger partial charge is 0.252 e. The number of nitrogens with one attached hydrogen (secondary N) is 2. The minimum absolute atomic E-state index is 0.0210. The zero-order valence-electron chi connectivity index (χ0n) is 11.4. The number of carbonyl (C=O) groups is 1. The Hall–Kier alpha value is -2.14.